The lowest BCUT2D eigenvalue weighted by atomic mass is 9.87. The maximum absolute atomic E-state index is 14.3. The van der Waals surface area contributed by atoms with Gasteiger partial charge in [0.05, 0.1) is 16.6 Å². The second-order valence-corrected chi connectivity index (χ2v) is 15.2. The van der Waals surface area contributed by atoms with Gasteiger partial charge in [-0.2, -0.15) is 4.98 Å². The number of rotatable bonds is 4. The monoisotopic (exact) mass is 633 g/mol. The average Bonchev–Trinajstić information content (AvgIpc) is 2.96. The fourth-order valence-electron chi connectivity index (χ4n) is 6.21. The molecule has 10 nitrogen and oxygen atoms in total. The van der Waals surface area contributed by atoms with E-state index in [9.17, 15) is 18.0 Å². The van der Waals surface area contributed by atoms with Crippen LogP contribution >= 0.6 is 0 Å². The Balaban J connectivity index is 1.63. The van der Waals surface area contributed by atoms with E-state index in [4.69, 9.17) is 4.74 Å². The molecule has 2 atom stereocenters. The van der Waals surface area contributed by atoms with Crippen molar-refractivity contribution in [3.8, 4) is 17.1 Å². The van der Waals surface area contributed by atoms with Crippen LogP contribution in [0, 0.1) is 25.2 Å². The number of aromatic nitrogens is 2. The number of nitrogens with zero attached hydrogens (tertiary/aromatic N) is 4. The number of ether oxygens (including phenoxy) is 1. The molecule has 0 spiro atoms. The first kappa shape index (κ1) is 32.4. The molecule has 1 aromatic heterocycles. The molecule has 1 fully saturated rings. The Morgan fingerprint density at radius 2 is 1.78 bits per heavy atom. The topological polar surface area (TPSA) is 122 Å². The first-order valence-electron chi connectivity index (χ1n) is 15.5. The molecule has 0 unspecified atom stereocenters. The molecule has 3 aromatic rings. The molecule has 0 aliphatic carbocycles. The quantitative estimate of drug-likeness (QED) is 0.405. The molecule has 2 amide bonds. The highest BCUT2D eigenvalue weighted by molar-refractivity contribution is 7.92. The standard InChI is InChI=1S/C34H43N5O5S/c1-22-10-9-15-38(19-22)30(40)20-39-26(18-34(4,5)6)21-44-29-17-28(31-23(2)11-7-12-24(31)3)35-33(36-29)37-45(42,43)27-14-8-13-25(16-27)32(39)41/h7-8,11-14,16-17,22,26H,9-10,15,18-21H2,1-6H3,(H,35,36,37)/t22-,26-/m1/s1. The third kappa shape index (κ3) is 7.64. The van der Waals surface area contributed by atoms with Gasteiger partial charge in [-0.3, -0.25) is 9.59 Å². The Labute approximate surface area is 266 Å². The highest BCUT2D eigenvalue weighted by atomic mass is 32.2. The van der Waals surface area contributed by atoms with E-state index < -0.39 is 22.0 Å². The van der Waals surface area contributed by atoms with E-state index >= 15 is 0 Å². The summed E-state index contributed by atoms with van der Waals surface area (Å²) in [4.78, 5) is 40.2. The molecule has 11 heteroatoms. The zero-order chi connectivity index (χ0) is 32.5. The lowest BCUT2D eigenvalue weighted by Crippen LogP contribution is -2.52. The summed E-state index contributed by atoms with van der Waals surface area (Å²) in [6.45, 7) is 13.5. The Kier molecular flexibility index (Phi) is 9.21. The van der Waals surface area contributed by atoms with Crippen molar-refractivity contribution in [3.05, 3.63) is 65.2 Å². The Morgan fingerprint density at radius 3 is 2.47 bits per heavy atom. The van der Waals surface area contributed by atoms with Crippen molar-refractivity contribution in [2.24, 2.45) is 11.3 Å². The van der Waals surface area contributed by atoms with Crippen LogP contribution in [0.1, 0.15) is 68.4 Å². The molecular weight excluding hydrogens is 590 g/mol. The predicted octanol–water partition coefficient (Wildman–Crippen LogP) is 5.46. The van der Waals surface area contributed by atoms with Crippen molar-refractivity contribution >= 4 is 27.8 Å². The summed E-state index contributed by atoms with van der Waals surface area (Å²) in [5, 5.41) is 0. The zero-order valence-electron chi connectivity index (χ0n) is 27.0. The zero-order valence-corrected chi connectivity index (χ0v) is 27.8. The van der Waals surface area contributed by atoms with Gasteiger partial charge in [-0.05, 0) is 73.8 Å². The smallest absolute Gasteiger partial charge is 0.264 e. The van der Waals surface area contributed by atoms with E-state index in [0.717, 1.165) is 29.5 Å². The second kappa shape index (κ2) is 12.8. The van der Waals surface area contributed by atoms with Crippen LogP contribution < -0.4 is 9.46 Å². The molecule has 4 bridgehead atoms. The Bertz CT molecular complexity index is 1680. The van der Waals surface area contributed by atoms with Gasteiger partial charge in [-0.25, -0.2) is 18.1 Å². The Morgan fingerprint density at radius 1 is 1.07 bits per heavy atom. The number of fused-ring (bicyclic) bond motifs is 4. The molecular formula is C34H43N5O5S. The number of carbonyl (C=O) groups excluding carboxylic acids is 2. The molecule has 1 saturated heterocycles. The molecule has 2 aromatic carbocycles. The van der Waals surface area contributed by atoms with Crippen molar-refractivity contribution in [3.63, 3.8) is 0 Å². The van der Waals surface area contributed by atoms with Gasteiger partial charge in [0.2, 0.25) is 17.7 Å². The molecule has 3 heterocycles. The van der Waals surface area contributed by atoms with E-state index in [1.54, 1.807) is 17.0 Å². The minimum absolute atomic E-state index is 0.0434. The average molecular weight is 634 g/mol. The van der Waals surface area contributed by atoms with E-state index in [-0.39, 0.29) is 46.8 Å². The van der Waals surface area contributed by atoms with Gasteiger partial charge in [0, 0.05) is 30.3 Å². The normalized spacial score (nSPS) is 20.3. The molecule has 2 aliphatic heterocycles. The third-order valence-electron chi connectivity index (χ3n) is 8.35. The largest absolute Gasteiger partial charge is 0.475 e. The van der Waals surface area contributed by atoms with Crippen LogP contribution in [-0.2, 0) is 14.8 Å². The van der Waals surface area contributed by atoms with E-state index in [0.29, 0.717) is 31.1 Å². The van der Waals surface area contributed by atoms with Gasteiger partial charge >= 0.3 is 0 Å². The summed E-state index contributed by atoms with van der Waals surface area (Å²) in [7, 11) is -4.18. The molecule has 240 valence electrons. The fourth-order valence-corrected chi connectivity index (χ4v) is 7.20. The van der Waals surface area contributed by atoms with Crippen LogP contribution in [0.25, 0.3) is 11.3 Å². The highest BCUT2D eigenvalue weighted by Crippen LogP contribution is 2.31. The third-order valence-corrected chi connectivity index (χ3v) is 9.67. The fraction of sp³-hybridized carbons (Fsp3) is 0.471. The summed E-state index contributed by atoms with van der Waals surface area (Å²) in [5.74, 6) is -0.162. The first-order chi connectivity index (χ1) is 21.2. The summed E-state index contributed by atoms with van der Waals surface area (Å²) >= 11 is 0. The number of amides is 2. The number of hydrogen-bond acceptors (Lipinski definition) is 7. The number of aryl methyl sites for hydroxylation is 2. The summed E-state index contributed by atoms with van der Waals surface area (Å²) in [5.41, 5.74) is 3.22. The van der Waals surface area contributed by atoms with Crippen LogP contribution in [0.3, 0.4) is 0 Å². The number of hydrogen-bond donors (Lipinski definition) is 1. The number of carbonyl (C=O) groups is 2. The number of likely N-dealkylation sites (tertiary alicyclic amines) is 1. The van der Waals surface area contributed by atoms with Crippen molar-refractivity contribution in [2.75, 3.05) is 31.0 Å². The predicted molar refractivity (Wildman–Crippen MR) is 174 cm³/mol. The molecule has 5 rings (SSSR count). The minimum atomic E-state index is -4.18. The van der Waals surface area contributed by atoms with Crippen molar-refractivity contribution < 1.29 is 22.7 Å². The van der Waals surface area contributed by atoms with Crippen LogP contribution in [0.4, 0.5) is 5.95 Å². The second-order valence-electron chi connectivity index (χ2n) is 13.6. The number of nitrogens with one attached hydrogen (secondary N) is 1. The van der Waals surface area contributed by atoms with E-state index in [1.165, 1.54) is 18.2 Å². The van der Waals surface area contributed by atoms with Crippen LogP contribution in [0.5, 0.6) is 5.88 Å². The summed E-state index contributed by atoms with van der Waals surface area (Å²) in [6.07, 6.45) is 2.51. The van der Waals surface area contributed by atoms with Crippen molar-refractivity contribution in [1.29, 1.82) is 0 Å². The van der Waals surface area contributed by atoms with Crippen LogP contribution in [0.15, 0.2) is 53.4 Å². The minimum Gasteiger partial charge on any atom is -0.475 e. The number of piperidine rings is 1. The van der Waals surface area contributed by atoms with Crippen molar-refractivity contribution in [2.45, 2.75) is 71.7 Å². The van der Waals surface area contributed by atoms with Gasteiger partial charge in [-0.1, -0.05) is 52.0 Å². The number of anilines is 1. The van der Waals surface area contributed by atoms with Gasteiger partial charge in [-0.15, -0.1) is 0 Å². The maximum atomic E-state index is 14.3. The number of benzene rings is 2. The lowest BCUT2D eigenvalue weighted by molar-refractivity contribution is -0.134. The SMILES string of the molecule is Cc1cccc(C)c1-c1cc2nc(n1)NS(=O)(=O)c1cccc(c1)C(=O)N(CC(=O)N1CCC[C@@H](C)C1)[C@H](CC(C)(C)C)CO2. The summed E-state index contributed by atoms with van der Waals surface area (Å²) in [6, 6.07) is 12.9. The van der Waals surface area contributed by atoms with Gasteiger partial charge in [0.15, 0.2) is 0 Å². The van der Waals surface area contributed by atoms with Gasteiger partial charge < -0.3 is 14.5 Å². The first-order valence-corrected chi connectivity index (χ1v) is 17.0. The van der Waals surface area contributed by atoms with Gasteiger partial charge in [0.25, 0.3) is 15.9 Å². The van der Waals surface area contributed by atoms with Crippen LogP contribution in [-0.4, -0.2) is 72.3 Å². The summed E-state index contributed by atoms with van der Waals surface area (Å²) < 4.78 is 36.0. The van der Waals surface area contributed by atoms with E-state index in [1.807, 2.05) is 36.9 Å². The molecule has 0 saturated carbocycles. The maximum Gasteiger partial charge on any atom is 0.264 e. The van der Waals surface area contributed by atoms with Gasteiger partial charge in [0.1, 0.15) is 13.2 Å². The Hall–Kier alpha value is -3.99. The van der Waals surface area contributed by atoms with E-state index in [2.05, 4.69) is 42.4 Å². The molecule has 0 radical (unpaired) electrons. The van der Waals surface area contributed by atoms with Crippen LogP contribution in [0.2, 0.25) is 0 Å². The molecule has 45 heavy (non-hydrogen) atoms. The molecule has 1 N–H and O–H groups in total. The highest BCUT2D eigenvalue weighted by Gasteiger charge is 2.34. The van der Waals surface area contributed by atoms with Crippen molar-refractivity contribution in [1.82, 2.24) is 19.8 Å². The lowest BCUT2D eigenvalue weighted by Gasteiger charge is -2.37. The molecule has 2 aliphatic rings. The number of sulfonamides is 1.